The lowest BCUT2D eigenvalue weighted by Crippen LogP contribution is -2.39. The highest BCUT2D eigenvalue weighted by Gasteiger charge is 2.22. The molecular formula is C14H23NO. The summed E-state index contributed by atoms with van der Waals surface area (Å²) >= 11 is 0. The van der Waals surface area contributed by atoms with Gasteiger partial charge in [0.05, 0.1) is 0 Å². The van der Waals surface area contributed by atoms with Crippen molar-refractivity contribution in [1.29, 1.82) is 0 Å². The summed E-state index contributed by atoms with van der Waals surface area (Å²) in [6.07, 6.45) is 0.912. The molecule has 2 heteroatoms. The molecule has 2 nitrogen and oxygen atoms in total. The molecule has 1 aromatic carbocycles. The molecule has 1 atom stereocenters. The molecule has 0 radical (unpaired) electrons. The zero-order valence-electron chi connectivity index (χ0n) is 10.8. The van der Waals surface area contributed by atoms with Crippen molar-refractivity contribution >= 4 is 0 Å². The second-order valence-electron chi connectivity index (χ2n) is 4.84. The number of hydrogen-bond acceptors (Lipinski definition) is 2. The van der Waals surface area contributed by atoms with E-state index in [-0.39, 0.29) is 5.60 Å². The number of nitrogens with two attached hydrogens (primary N) is 1. The minimum absolute atomic E-state index is 0.254. The van der Waals surface area contributed by atoms with Gasteiger partial charge in [0.25, 0.3) is 0 Å². The van der Waals surface area contributed by atoms with E-state index in [4.69, 9.17) is 10.5 Å². The third-order valence-corrected chi connectivity index (χ3v) is 3.07. The molecule has 1 rings (SSSR count). The Morgan fingerprint density at radius 3 is 2.56 bits per heavy atom. The van der Waals surface area contributed by atoms with Crippen LogP contribution in [-0.2, 0) is 0 Å². The molecule has 0 saturated carbocycles. The smallest absolute Gasteiger partial charge is 0.120 e. The van der Waals surface area contributed by atoms with E-state index in [1.54, 1.807) is 0 Å². The van der Waals surface area contributed by atoms with E-state index >= 15 is 0 Å². The van der Waals surface area contributed by atoms with Crippen LogP contribution in [0, 0.1) is 0 Å². The van der Waals surface area contributed by atoms with Crippen LogP contribution in [0.3, 0.4) is 0 Å². The molecule has 0 aromatic heterocycles. The molecule has 1 aromatic rings. The van der Waals surface area contributed by atoms with Gasteiger partial charge in [-0.15, -0.1) is 0 Å². The van der Waals surface area contributed by atoms with E-state index < -0.39 is 0 Å². The Kier molecular flexibility index (Phi) is 4.36. The first-order valence-electron chi connectivity index (χ1n) is 6.00. The minimum atomic E-state index is -0.254. The van der Waals surface area contributed by atoms with E-state index in [9.17, 15) is 0 Å². The van der Waals surface area contributed by atoms with Crippen molar-refractivity contribution in [3.63, 3.8) is 0 Å². The van der Waals surface area contributed by atoms with Gasteiger partial charge in [-0.2, -0.15) is 0 Å². The highest BCUT2D eigenvalue weighted by molar-refractivity contribution is 5.30. The Labute approximate surface area is 98.8 Å². The molecule has 0 saturated heterocycles. The normalized spacial score (nSPS) is 14.9. The second kappa shape index (κ2) is 5.35. The monoisotopic (exact) mass is 221 g/mol. The maximum absolute atomic E-state index is 5.97. The Morgan fingerprint density at radius 2 is 2.06 bits per heavy atom. The molecule has 0 spiro atoms. The number of benzene rings is 1. The Bertz CT molecular complexity index is 329. The first kappa shape index (κ1) is 13.0. The van der Waals surface area contributed by atoms with Crippen LogP contribution in [0.25, 0.3) is 0 Å². The average molecular weight is 221 g/mol. The molecule has 16 heavy (non-hydrogen) atoms. The molecule has 0 aliphatic rings. The third kappa shape index (κ3) is 3.24. The fraction of sp³-hybridized carbons (Fsp3) is 0.571. The summed E-state index contributed by atoms with van der Waals surface area (Å²) in [6.45, 7) is 9.05. The summed E-state index contributed by atoms with van der Waals surface area (Å²) in [7, 11) is 0. The van der Waals surface area contributed by atoms with E-state index in [1.165, 1.54) is 5.56 Å². The van der Waals surface area contributed by atoms with Gasteiger partial charge < -0.3 is 10.5 Å². The highest BCUT2D eigenvalue weighted by Crippen LogP contribution is 2.24. The summed E-state index contributed by atoms with van der Waals surface area (Å²) < 4.78 is 5.97. The minimum Gasteiger partial charge on any atom is -0.486 e. The van der Waals surface area contributed by atoms with Crippen LogP contribution in [0.2, 0.25) is 0 Å². The van der Waals surface area contributed by atoms with Gasteiger partial charge in [0.15, 0.2) is 0 Å². The van der Waals surface area contributed by atoms with Crippen molar-refractivity contribution in [1.82, 2.24) is 0 Å². The van der Waals surface area contributed by atoms with Crippen molar-refractivity contribution in [2.24, 2.45) is 5.73 Å². The average Bonchev–Trinajstić information content (AvgIpc) is 2.29. The first-order valence-corrected chi connectivity index (χ1v) is 6.00. The number of rotatable bonds is 5. The van der Waals surface area contributed by atoms with Crippen molar-refractivity contribution in [2.45, 2.75) is 45.6 Å². The van der Waals surface area contributed by atoms with Crippen molar-refractivity contribution in [2.75, 3.05) is 6.54 Å². The molecule has 90 valence electrons. The van der Waals surface area contributed by atoms with Crippen molar-refractivity contribution < 1.29 is 4.74 Å². The first-order chi connectivity index (χ1) is 7.50. The molecule has 0 aliphatic carbocycles. The maximum Gasteiger partial charge on any atom is 0.120 e. The SMILES string of the molecule is CCC(C)(CN)Oc1cccc(C(C)C)c1. The molecule has 0 amide bonds. The van der Waals surface area contributed by atoms with E-state index in [2.05, 4.69) is 39.8 Å². The Balaban J connectivity index is 2.85. The zero-order valence-corrected chi connectivity index (χ0v) is 10.8. The van der Waals surface area contributed by atoms with E-state index in [0.717, 1.165) is 12.2 Å². The van der Waals surface area contributed by atoms with Gasteiger partial charge in [-0.05, 0) is 37.0 Å². The second-order valence-corrected chi connectivity index (χ2v) is 4.84. The summed E-state index contributed by atoms with van der Waals surface area (Å²) in [5.74, 6) is 1.44. The summed E-state index contributed by atoms with van der Waals surface area (Å²) in [5, 5.41) is 0. The van der Waals surface area contributed by atoms with Crippen LogP contribution < -0.4 is 10.5 Å². The zero-order chi connectivity index (χ0) is 12.2. The molecule has 0 fully saturated rings. The van der Waals surface area contributed by atoms with Crippen LogP contribution in [0.4, 0.5) is 0 Å². The predicted molar refractivity (Wildman–Crippen MR) is 68.9 cm³/mol. The van der Waals surface area contributed by atoms with Gasteiger partial charge in [-0.3, -0.25) is 0 Å². The molecular weight excluding hydrogens is 198 g/mol. The molecule has 0 heterocycles. The van der Waals surface area contributed by atoms with Crippen LogP contribution in [-0.4, -0.2) is 12.1 Å². The number of hydrogen-bond donors (Lipinski definition) is 1. The van der Waals surface area contributed by atoms with Crippen LogP contribution in [0.15, 0.2) is 24.3 Å². The van der Waals surface area contributed by atoms with E-state index in [0.29, 0.717) is 12.5 Å². The number of ether oxygens (including phenoxy) is 1. The summed E-state index contributed by atoms with van der Waals surface area (Å²) in [5.41, 5.74) is 6.78. The lowest BCUT2D eigenvalue weighted by atomic mass is 10.0. The highest BCUT2D eigenvalue weighted by atomic mass is 16.5. The van der Waals surface area contributed by atoms with Crippen LogP contribution in [0.5, 0.6) is 5.75 Å². The Morgan fingerprint density at radius 1 is 1.38 bits per heavy atom. The maximum atomic E-state index is 5.97. The van der Waals surface area contributed by atoms with Gasteiger partial charge in [-0.1, -0.05) is 32.9 Å². The van der Waals surface area contributed by atoms with Crippen LogP contribution in [0.1, 0.15) is 45.6 Å². The van der Waals surface area contributed by atoms with Crippen LogP contribution >= 0.6 is 0 Å². The molecule has 2 N–H and O–H groups in total. The quantitative estimate of drug-likeness (QED) is 0.828. The standard InChI is InChI=1S/C14H23NO/c1-5-14(4,10-15)16-13-8-6-7-12(9-13)11(2)3/h6-9,11H,5,10,15H2,1-4H3. The largest absolute Gasteiger partial charge is 0.486 e. The van der Waals surface area contributed by atoms with Crippen molar-refractivity contribution in [3.05, 3.63) is 29.8 Å². The van der Waals surface area contributed by atoms with Gasteiger partial charge in [0.2, 0.25) is 0 Å². The van der Waals surface area contributed by atoms with Gasteiger partial charge in [-0.25, -0.2) is 0 Å². The summed E-state index contributed by atoms with van der Waals surface area (Å²) in [4.78, 5) is 0. The van der Waals surface area contributed by atoms with Crippen molar-refractivity contribution in [3.8, 4) is 5.75 Å². The van der Waals surface area contributed by atoms with Gasteiger partial charge in [0.1, 0.15) is 11.4 Å². The lowest BCUT2D eigenvalue weighted by Gasteiger charge is -2.28. The predicted octanol–water partition coefficient (Wildman–Crippen LogP) is 3.32. The fourth-order valence-corrected chi connectivity index (χ4v) is 1.48. The molecule has 0 bridgehead atoms. The molecule has 0 aliphatic heterocycles. The third-order valence-electron chi connectivity index (χ3n) is 3.07. The fourth-order valence-electron chi connectivity index (χ4n) is 1.48. The topological polar surface area (TPSA) is 35.2 Å². The molecule has 1 unspecified atom stereocenters. The van der Waals surface area contributed by atoms with Gasteiger partial charge >= 0.3 is 0 Å². The van der Waals surface area contributed by atoms with E-state index in [1.807, 2.05) is 12.1 Å². The van der Waals surface area contributed by atoms with Gasteiger partial charge in [0, 0.05) is 6.54 Å². The lowest BCUT2D eigenvalue weighted by molar-refractivity contribution is 0.0934. The summed E-state index contributed by atoms with van der Waals surface area (Å²) in [6, 6.07) is 8.27. The Hall–Kier alpha value is -1.02.